The molecule has 0 bridgehead atoms. The molecule has 3 heterocycles. The zero-order valence-electron chi connectivity index (χ0n) is 17.7. The van der Waals surface area contributed by atoms with Gasteiger partial charge in [0.15, 0.2) is 0 Å². The number of hydrogen-bond acceptors (Lipinski definition) is 4. The fraction of sp³-hybridized carbons (Fsp3) is 0.435. The standard InChI is InChI=1S/C23H29N5O/c1-16(2)28-20-10-6-5-9-19(20)25-22(28)18-8-7-13-27(15-18)23(29)17-11-12-24-21(14-17)26(3)4/h5-6,9-12,14,16,18H,7-8,13,15H2,1-4H3. The summed E-state index contributed by atoms with van der Waals surface area (Å²) in [6.45, 7) is 5.89. The Morgan fingerprint density at radius 1 is 1.21 bits per heavy atom. The van der Waals surface area contributed by atoms with E-state index in [0.717, 1.165) is 36.5 Å². The summed E-state index contributed by atoms with van der Waals surface area (Å²) in [6.07, 6.45) is 3.75. The van der Waals surface area contributed by atoms with Crippen LogP contribution in [0.2, 0.25) is 0 Å². The fourth-order valence-electron chi connectivity index (χ4n) is 4.24. The van der Waals surface area contributed by atoms with E-state index < -0.39 is 0 Å². The molecule has 3 aromatic rings. The van der Waals surface area contributed by atoms with Crippen molar-refractivity contribution < 1.29 is 4.79 Å². The number of carbonyl (C=O) groups excluding carboxylic acids is 1. The van der Waals surface area contributed by atoms with Crippen LogP contribution in [0.1, 0.15) is 54.8 Å². The van der Waals surface area contributed by atoms with Crippen LogP contribution < -0.4 is 4.90 Å². The highest BCUT2D eigenvalue weighted by Crippen LogP contribution is 2.32. The lowest BCUT2D eigenvalue weighted by Crippen LogP contribution is -2.40. The minimum atomic E-state index is 0.0763. The molecule has 0 saturated carbocycles. The van der Waals surface area contributed by atoms with Crippen molar-refractivity contribution in [3.05, 3.63) is 54.0 Å². The van der Waals surface area contributed by atoms with Crippen molar-refractivity contribution in [1.29, 1.82) is 0 Å². The third-order valence-corrected chi connectivity index (χ3v) is 5.66. The lowest BCUT2D eigenvalue weighted by Gasteiger charge is -2.33. The first kappa shape index (κ1) is 19.4. The summed E-state index contributed by atoms with van der Waals surface area (Å²) in [5.41, 5.74) is 2.90. The van der Waals surface area contributed by atoms with Crippen molar-refractivity contribution in [3.8, 4) is 0 Å². The highest BCUT2D eigenvalue weighted by Gasteiger charge is 2.29. The first-order chi connectivity index (χ1) is 14.0. The maximum Gasteiger partial charge on any atom is 0.254 e. The molecular weight excluding hydrogens is 362 g/mol. The third kappa shape index (κ3) is 3.71. The maximum absolute atomic E-state index is 13.2. The van der Waals surface area contributed by atoms with Gasteiger partial charge in [-0.05, 0) is 51.0 Å². The molecule has 0 N–H and O–H groups in total. The molecular formula is C23H29N5O. The molecule has 1 saturated heterocycles. The van der Waals surface area contributed by atoms with Crippen LogP contribution in [0.5, 0.6) is 0 Å². The fourth-order valence-corrected chi connectivity index (χ4v) is 4.24. The van der Waals surface area contributed by atoms with Gasteiger partial charge in [0.25, 0.3) is 5.91 Å². The predicted molar refractivity (Wildman–Crippen MR) is 117 cm³/mol. The van der Waals surface area contributed by atoms with Crippen LogP contribution in [0, 0.1) is 0 Å². The third-order valence-electron chi connectivity index (χ3n) is 5.66. The van der Waals surface area contributed by atoms with E-state index in [-0.39, 0.29) is 11.8 Å². The number of fused-ring (bicyclic) bond motifs is 1. The first-order valence-electron chi connectivity index (χ1n) is 10.3. The van der Waals surface area contributed by atoms with Crippen LogP contribution in [-0.2, 0) is 0 Å². The van der Waals surface area contributed by atoms with E-state index in [2.05, 4.69) is 41.6 Å². The van der Waals surface area contributed by atoms with Crippen LogP contribution in [0.4, 0.5) is 5.82 Å². The average molecular weight is 392 g/mol. The van der Waals surface area contributed by atoms with E-state index in [1.54, 1.807) is 6.20 Å². The first-order valence-corrected chi connectivity index (χ1v) is 10.3. The van der Waals surface area contributed by atoms with Gasteiger partial charge in [0, 0.05) is 50.9 Å². The second-order valence-electron chi connectivity index (χ2n) is 8.31. The number of imidazole rings is 1. The highest BCUT2D eigenvalue weighted by molar-refractivity contribution is 5.95. The normalized spacial score (nSPS) is 17.1. The average Bonchev–Trinajstić information content (AvgIpc) is 3.13. The Morgan fingerprint density at radius 3 is 2.76 bits per heavy atom. The van der Waals surface area contributed by atoms with E-state index in [9.17, 15) is 4.79 Å². The quantitative estimate of drug-likeness (QED) is 0.672. The number of aromatic nitrogens is 3. The van der Waals surface area contributed by atoms with Gasteiger partial charge in [0.2, 0.25) is 0 Å². The summed E-state index contributed by atoms with van der Waals surface area (Å²) in [7, 11) is 3.87. The van der Waals surface area contributed by atoms with Gasteiger partial charge in [-0.1, -0.05) is 12.1 Å². The van der Waals surface area contributed by atoms with Crippen LogP contribution in [0.15, 0.2) is 42.6 Å². The number of hydrogen-bond donors (Lipinski definition) is 0. The molecule has 0 aliphatic carbocycles. The molecule has 0 radical (unpaired) electrons. The molecule has 1 aliphatic rings. The van der Waals surface area contributed by atoms with Crippen molar-refractivity contribution in [2.45, 2.75) is 38.6 Å². The van der Waals surface area contributed by atoms with Gasteiger partial charge >= 0.3 is 0 Å². The molecule has 1 fully saturated rings. The largest absolute Gasteiger partial charge is 0.363 e. The molecule has 2 aromatic heterocycles. The van der Waals surface area contributed by atoms with Gasteiger partial charge in [0.05, 0.1) is 11.0 Å². The minimum Gasteiger partial charge on any atom is -0.363 e. The lowest BCUT2D eigenvalue weighted by molar-refractivity contribution is 0.0703. The van der Waals surface area contributed by atoms with Gasteiger partial charge in [-0.15, -0.1) is 0 Å². The van der Waals surface area contributed by atoms with E-state index >= 15 is 0 Å². The van der Waals surface area contributed by atoms with Crippen molar-refractivity contribution in [2.75, 3.05) is 32.1 Å². The Labute approximate surface area is 172 Å². The number of benzene rings is 1. The summed E-state index contributed by atoms with van der Waals surface area (Å²) in [5.74, 6) is 2.22. The zero-order chi connectivity index (χ0) is 20.5. The molecule has 4 rings (SSSR count). The van der Waals surface area contributed by atoms with Crippen LogP contribution >= 0.6 is 0 Å². The Hall–Kier alpha value is -2.89. The van der Waals surface area contributed by atoms with Gasteiger partial charge in [-0.25, -0.2) is 9.97 Å². The van der Waals surface area contributed by atoms with Gasteiger partial charge in [0.1, 0.15) is 11.6 Å². The Kier molecular flexibility index (Phi) is 5.26. The summed E-state index contributed by atoms with van der Waals surface area (Å²) in [4.78, 5) is 26.4. The number of carbonyl (C=O) groups is 1. The van der Waals surface area contributed by atoms with Crippen LogP contribution in [-0.4, -0.2) is 52.5 Å². The van der Waals surface area contributed by atoms with Gasteiger partial charge < -0.3 is 14.4 Å². The van der Waals surface area contributed by atoms with Crippen LogP contribution in [0.3, 0.4) is 0 Å². The molecule has 6 heteroatoms. The Bertz CT molecular complexity index is 1020. The number of likely N-dealkylation sites (tertiary alicyclic amines) is 1. The molecule has 1 aliphatic heterocycles. The topological polar surface area (TPSA) is 54.3 Å². The molecule has 1 atom stereocenters. The monoisotopic (exact) mass is 391 g/mol. The summed E-state index contributed by atoms with van der Waals surface area (Å²) in [6, 6.07) is 12.3. The van der Waals surface area contributed by atoms with Crippen molar-refractivity contribution in [3.63, 3.8) is 0 Å². The SMILES string of the molecule is CC(C)n1c(C2CCCN(C(=O)c3ccnc(N(C)C)c3)C2)nc2ccccc21. The number of pyridine rings is 1. The number of amides is 1. The number of para-hydroxylation sites is 2. The molecule has 152 valence electrons. The van der Waals surface area contributed by atoms with Crippen molar-refractivity contribution in [2.24, 2.45) is 0 Å². The molecule has 0 spiro atoms. The second-order valence-corrected chi connectivity index (χ2v) is 8.31. The minimum absolute atomic E-state index is 0.0763. The van der Waals surface area contributed by atoms with Gasteiger partial charge in [-0.2, -0.15) is 0 Å². The Balaban J connectivity index is 1.62. The van der Waals surface area contributed by atoms with E-state index in [1.165, 1.54) is 5.52 Å². The lowest BCUT2D eigenvalue weighted by atomic mass is 9.96. The smallest absolute Gasteiger partial charge is 0.254 e. The van der Waals surface area contributed by atoms with Crippen molar-refractivity contribution in [1.82, 2.24) is 19.4 Å². The summed E-state index contributed by atoms with van der Waals surface area (Å²) in [5, 5.41) is 0. The molecule has 1 unspecified atom stereocenters. The van der Waals surface area contributed by atoms with Crippen LogP contribution in [0.25, 0.3) is 11.0 Å². The molecule has 1 aromatic carbocycles. The van der Waals surface area contributed by atoms with Crippen molar-refractivity contribution >= 4 is 22.8 Å². The maximum atomic E-state index is 13.2. The number of rotatable bonds is 4. The predicted octanol–water partition coefficient (Wildman–Crippen LogP) is 4.10. The number of nitrogens with zero attached hydrogens (tertiary/aromatic N) is 5. The summed E-state index contributed by atoms with van der Waals surface area (Å²) < 4.78 is 2.34. The van der Waals surface area contributed by atoms with E-state index in [4.69, 9.17) is 4.98 Å². The molecule has 6 nitrogen and oxygen atoms in total. The van der Waals surface area contributed by atoms with Gasteiger partial charge in [-0.3, -0.25) is 4.79 Å². The van der Waals surface area contributed by atoms with E-state index in [1.807, 2.05) is 42.1 Å². The molecule has 29 heavy (non-hydrogen) atoms. The second kappa shape index (κ2) is 7.85. The number of anilines is 1. The number of piperidine rings is 1. The van der Waals surface area contributed by atoms with E-state index in [0.29, 0.717) is 18.2 Å². The molecule has 1 amide bonds. The zero-order valence-corrected chi connectivity index (χ0v) is 17.7. The Morgan fingerprint density at radius 2 is 2.00 bits per heavy atom. The highest BCUT2D eigenvalue weighted by atomic mass is 16.2. The summed E-state index contributed by atoms with van der Waals surface area (Å²) >= 11 is 0.